The van der Waals surface area contributed by atoms with E-state index in [0.29, 0.717) is 22.9 Å². The predicted molar refractivity (Wildman–Crippen MR) is 81.3 cm³/mol. The predicted octanol–water partition coefficient (Wildman–Crippen LogP) is 2.94. The Morgan fingerprint density at radius 2 is 1.82 bits per heavy atom. The van der Waals surface area contributed by atoms with Crippen molar-refractivity contribution in [3.05, 3.63) is 42.7 Å². The number of hydrogen-bond donors (Lipinski definition) is 3. The minimum Gasteiger partial charge on any atom is -0.454 e. The van der Waals surface area contributed by atoms with Gasteiger partial charge in [-0.2, -0.15) is 0 Å². The van der Waals surface area contributed by atoms with Crippen LogP contribution in [-0.4, -0.2) is 22.8 Å². The number of benzene rings is 2. The molecule has 2 aromatic carbocycles. The molecule has 1 aromatic heterocycles. The topological polar surface area (TPSA) is 88.3 Å². The largest absolute Gasteiger partial charge is 0.454 e. The molecule has 3 aromatic rings. The van der Waals surface area contributed by atoms with Gasteiger partial charge in [0.05, 0.1) is 17.4 Å². The van der Waals surface area contributed by atoms with Crippen LogP contribution in [0.15, 0.2) is 42.7 Å². The van der Waals surface area contributed by atoms with Gasteiger partial charge in [-0.3, -0.25) is 0 Å². The molecule has 1 aliphatic heterocycles. The van der Waals surface area contributed by atoms with E-state index in [2.05, 4.69) is 20.6 Å². The van der Waals surface area contributed by atoms with E-state index in [-0.39, 0.29) is 12.8 Å². The van der Waals surface area contributed by atoms with Gasteiger partial charge >= 0.3 is 6.03 Å². The molecule has 2 heterocycles. The number of urea groups is 1. The van der Waals surface area contributed by atoms with Gasteiger partial charge in [0.25, 0.3) is 0 Å². The molecule has 0 saturated carbocycles. The van der Waals surface area contributed by atoms with E-state index in [1.54, 1.807) is 30.6 Å². The number of imidazole rings is 1. The second-order valence-electron chi connectivity index (χ2n) is 4.78. The molecule has 22 heavy (non-hydrogen) atoms. The van der Waals surface area contributed by atoms with Crippen molar-refractivity contribution in [2.45, 2.75) is 0 Å². The van der Waals surface area contributed by atoms with Gasteiger partial charge in [0, 0.05) is 17.4 Å². The summed E-state index contributed by atoms with van der Waals surface area (Å²) in [6, 6.07) is 10.4. The van der Waals surface area contributed by atoms with Crippen LogP contribution in [-0.2, 0) is 0 Å². The Kier molecular flexibility index (Phi) is 2.82. The third-order valence-electron chi connectivity index (χ3n) is 3.31. The van der Waals surface area contributed by atoms with Crippen molar-refractivity contribution in [1.82, 2.24) is 9.97 Å². The molecular formula is C15H12N4O3. The van der Waals surface area contributed by atoms with E-state index < -0.39 is 0 Å². The lowest BCUT2D eigenvalue weighted by Crippen LogP contribution is -2.19. The van der Waals surface area contributed by atoms with Crippen molar-refractivity contribution in [3.8, 4) is 11.5 Å². The van der Waals surface area contributed by atoms with Crippen LogP contribution in [0.5, 0.6) is 11.5 Å². The molecule has 0 saturated heterocycles. The average molecular weight is 296 g/mol. The summed E-state index contributed by atoms with van der Waals surface area (Å²) in [5.41, 5.74) is 3.02. The Balaban J connectivity index is 1.47. The summed E-state index contributed by atoms with van der Waals surface area (Å²) < 4.78 is 10.5. The van der Waals surface area contributed by atoms with E-state index in [1.165, 1.54) is 0 Å². The number of hydrogen-bond acceptors (Lipinski definition) is 4. The number of aromatic nitrogens is 2. The van der Waals surface area contributed by atoms with Gasteiger partial charge in [0.2, 0.25) is 6.79 Å². The number of carbonyl (C=O) groups excluding carboxylic acids is 1. The zero-order valence-electron chi connectivity index (χ0n) is 11.4. The molecule has 0 fully saturated rings. The second-order valence-corrected chi connectivity index (χ2v) is 4.78. The van der Waals surface area contributed by atoms with Crippen LogP contribution in [0.2, 0.25) is 0 Å². The van der Waals surface area contributed by atoms with Crippen LogP contribution in [0.1, 0.15) is 0 Å². The number of fused-ring (bicyclic) bond motifs is 2. The van der Waals surface area contributed by atoms with E-state index >= 15 is 0 Å². The molecule has 3 N–H and O–H groups in total. The molecule has 7 heteroatoms. The summed E-state index contributed by atoms with van der Waals surface area (Å²) in [6.45, 7) is 0.204. The molecule has 0 atom stereocenters. The summed E-state index contributed by atoms with van der Waals surface area (Å²) in [4.78, 5) is 19.2. The molecule has 2 amide bonds. The fourth-order valence-corrected chi connectivity index (χ4v) is 2.28. The molecule has 0 radical (unpaired) electrons. The lowest BCUT2D eigenvalue weighted by Gasteiger charge is -2.08. The highest BCUT2D eigenvalue weighted by Crippen LogP contribution is 2.34. The lowest BCUT2D eigenvalue weighted by molar-refractivity contribution is 0.174. The third kappa shape index (κ3) is 2.28. The highest BCUT2D eigenvalue weighted by Gasteiger charge is 2.14. The molecule has 0 aliphatic carbocycles. The maximum absolute atomic E-state index is 12.0. The molecule has 7 nitrogen and oxygen atoms in total. The van der Waals surface area contributed by atoms with Crippen molar-refractivity contribution in [2.24, 2.45) is 0 Å². The highest BCUT2D eigenvalue weighted by atomic mass is 16.7. The number of nitrogens with one attached hydrogen (secondary N) is 3. The maximum atomic E-state index is 12.0. The zero-order chi connectivity index (χ0) is 14.9. The minimum atomic E-state index is -0.335. The van der Waals surface area contributed by atoms with Gasteiger partial charge in [-0.15, -0.1) is 0 Å². The van der Waals surface area contributed by atoms with Crippen LogP contribution in [0, 0.1) is 0 Å². The van der Waals surface area contributed by atoms with E-state index in [0.717, 1.165) is 11.0 Å². The quantitative estimate of drug-likeness (QED) is 0.678. The number of anilines is 2. The fourth-order valence-electron chi connectivity index (χ4n) is 2.28. The van der Waals surface area contributed by atoms with Crippen molar-refractivity contribution in [3.63, 3.8) is 0 Å². The summed E-state index contributed by atoms with van der Waals surface area (Å²) in [7, 11) is 0. The molecule has 0 unspecified atom stereocenters. The Hall–Kier alpha value is -3.22. The van der Waals surface area contributed by atoms with Gasteiger partial charge < -0.3 is 25.1 Å². The second kappa shape index (κ2) is 4.96. The average Bonchev–Trinajstić information content (AvgIpc) is 3.14. The summed E-state index contributed by atoms with van der Waals surface area (Å²) in [6.07, 6.45) is 1.61. The van der Waals surface area contributed by atoms with E-state index in [1.807, 2.05) is 12.1 Å². The first kappa shape index (κ1) is 12.5. The van der Waals surface area contributed by atoms with Crippen molar-refractivity contribution >= 4 is 28.4 Å². The Morgan fingerprint density at radius 1 is 1.05 bits per heavy atom. The fraction of sp³-hybridized carbons (Fsp3) is 0.0667. The van der Waals surface area contributed by atoms with E-state index in [9.17, 15) is 4.79 Å². The lowest BCUT2D eigenvalue weighted by atomic mass is 10.2. The van der Waals surface area contributed by atoms with Crippen molar-refractivity contribution in [1.29, 1.82) is 0 Å². The van der Waals surface area contributed by atoms with Crippen LogP contribution < -0.4 is 20.1 Å². The smallest absolute Gasteiger partial charge is 0.323 e. The third-order valence-corrected chi connectivity index (χ3v) is 3.31. The minimum absolute atomic E-state index is 0.204. The van der Waals surface area contributed by atoms with Crippen molar-refractivity contribution < 1.29 is 14.3 Å². The van der Waals surface area contributed by atoms with Gasteiger partial charge in [-0.25, -0.2) is 9.78 Å². The molecule has 110 valence electrons. The Labute approximate surface area is 125 Å². The number of nitrogens with zero attached hydrogens (tertiary/aromatic N) is 1. The number of H-pyrrole nitrogens is 1. The summed E-state index contributed by atoms with van der Waals surface area (Å²) in [5.74, 6) is 1.30. The SMILES string of the molecule is O=C(Nc1ccc2c(c1)OCO2)Nc1ccc2nc[nH]c2c1. The summed E-state index contributed by atoms with van der Waals surface area (Å²) in [5, 5.41) is 5.52. The Bertz CT molecular complexity index is 859. The van der Waals surface area contributed by atoms with Crippen LogP contribution in [0.25, 0.3) is 11.0 Å². The van der Waals surface area contributed by atoms with Crippen molar-refractivity contribution in [2.75, 3.05) is 17.4 Å². The van der Waals surface area contributed by atoms with Gasteiger partial charge in [-0.1, -0.05) is 0 Å². The van der Waals surface area contributed by atoms with Crippen LogP contribution in [0.3, 0.4) is 0 Å². The number of carbonyl (C=O) groups is 1. The van der Waals surface area contributed by atoms with Gasteiger partial charge in [-0.05, 0) is 30.3 Å². The maximum Gasteiger partial charge on any atom is 0.323 e. The number of rotatable bonds is 2. The molecule has 0 bridgehead atoms. The van der Waals surface area contributed by atoms with E-state index in [4.69, 9.17) is 9.47 Å². The highest BCUT2D eigenvalue weighted by molar-refractivity contribution is 6.00. The standard InChI is InChI=1S/C15H12N4O3/c20-15(18-9-1-3-11-12(5-9)17-7-16-11)19-10-2-4-13-14(6-10)22-8-21-13/h1-7H,8H2,(H,16,17)(H2,18,19,20). The number of amides is 2. The molecule has 0 spiro atoms. The zero-order valence-corrected chi connectivity index (χ0v) is 11.4. The van der Waals surface area contributed by atoms with Crippen LogP contribution >= 0.6 is 0 Å². The Morgan fingerprint density at radius 3 is 2.73 bits per heavy atom. The number of aromatic amines is 1. The molecular weight excluding hydrogens is 284 g/mol. The first-order valence-corrected chi connectivity index (χ1v) is 6.69. The van der Waals surface area contributed by atoms with Gasteiger partial charge in [0.1, 0.15) is 0 Å². The number of ether oxygens (including phenoxy) is 2. The first-order valence-electron chi connectivity index (χ1n) is 6.69. The molecule has 4 rings (SSSR count). The molecule has 1 aliphatic rings. The first-order chi connectivity index (χ1) is 10.8. The van der Waals surface area contributed by atoms with Gasteiger partial charge in [0.15, 0.2) is 11.5 Å². The monoisotopic (exact) mass is 296 g/mol. The normalized spacial score (nSPS) is 12.4. The summed E-state index contributed by atoms with van der Waals surface area (Å²) >= 11 is 0. The van der Waals surface area contributed by atoms with Crippen LogP contribution in [0.4, 0.5) is 16.2 Å².